The second kappa shape index (κ2) is 18.8. The van der Waals surface area contributed by atoms with Gasteiger partial charge in [0.15, 0.2) is 0 Å². The summed E-state index contributed by atoms with van der Waals surface area (Å²) in [6.45, 7) is 13.0. The molecule has 57 heavy (non-hydrogen) atoms. The molecule has 280 valence electrons. The van der Waals surface area contributed by atoms with Crippen LogP contribution in [0.3, 0.4) is 0 Å². The van der Waals surface area contributed by atoms with Gasteiger partial charge in [-0.2, -0.15) is 0 Å². The summed E-state index contributed by atoms with van der Waals surface area (Å²) in [6.07, 6.45) is 16.5. The number of rotatable bonds is 14. The van der Waals surface area contributed by atoms with E-state index in [4.69, 9.17) is 0 Å². The molecule has 0 bridgehead atoms. The molecule has 1 nitrogen and oxygen atoms in total. The SMILES string of the molecule is C=C/C(=C\C(=C/c1ccc(C(/C=C(\C)c2ccccc2)NC(=C)c2ccccc2)cc1)c1ccc(CC2=C(c3ccccc3C)CCC=C2)cc1)c1ccccc1. The molecule has 0 radical (unpaired) electrons. The van der Waals surface area contributed by atoms with Gasteiger partial charge in [-0.05, 0) is 123 Å². The van der Waals surface area contributed by atoms with E-state index in [1.54, 1.807) is 0 Å². The molecule has 0 saturated heterocycles. The van der Waals surface area contributed by atoms with Crippen molar-refractivity contribution in [2.45, 2.75) is 39.2 Å². The number of aryl methyl sites for hydroxylation is 1. The molecule has 0 aliphatic heterocycles. The fourth-order valence-electron chi connectivity index (χ4n) is 7.56. The zero-order chi connectivity index (χ0) is 39.4. The molecule has 1 aliphatic carbocycles. The highest BCUT2D eigenvalue weighted by atomic mass is 14.9. The van der Waals surface area contributed by atoms with Crippen LogP contribution in [-0.2, 0) is 6.42 Å². The Hall–Kier alpha value is -6.70. The Balaban J connectivity index is 1.22. The van der Waals surface area contributed by atoms with Gasteiger partial charge in [0.1, 0.15) is 0 Å². The third-order valence-electron chi connectivity index (χ3n) is 10.8. The summed E-state index contributed by atoms with van der Waals surface area (Å²) in [4.78, 5) is 0. The Bertz CT molecular complexity index is 2460. The molecule has 0 fully saturated rings. The van der Waals surface area contributed by atoms with Gasteiger partial charge in [-0.1, -0.05) is 201 Å². The Morgan fingerprint density at radius 1 is 0.667 bits per heavy atom. The van der Waals surface area contributed by atoms with Gasteiger partial charge in [0.05, 0.1) is 6.04 Å². The van der Waals surface area contributed by atoms with Crippen molar-refractivity contribution in [3.63, 3.8) is 0 Å². The minimum absolute atomic E-state index is 0.0752. The molecule has 7 rings (SSSR count). The summed E-state index contributed by atoms with van der Waals surface area (Å²) in [5.74, 6) is 0. The van der Waals surface area contributed by atoms with Gasteiger partial charge >= 0.3 is 0 Å². The fourth-order valence-corrected chi connectivity index (χ4v) is 7.56. The molecule has 0 aromatic heterocycles. The highest BCUT2D eigenvalue weighted by Crippen LogP contribution is 2.33. The van der Waals surface area contributed by atoms with Crippen LogP contribution >= 0.6 is 0 Å². The van der Waals surface area contributed by atoms with E-state index in [-0.39, 0.29) is 6.04 Å². The average molecular weight is 738 g/mol. The lowest BCUT2D eigenvalue weighted by Crippen LogP contribution is -2.18. The zero-order valence-electron chi connectivity index (χ0n) is 33.2. The van der Waals surface area contributed by atoms with Crippen LogP contribution in [0.1, 0.15) is 75.9 Å². The minimum atomic E-state index is -0.0752. The maximum Gasteiger partial charge on any atom is 0.0703 e. The van der Waals surface area contributed by atoms with Crippen LogP contribution < -0.4 is 5.32 Å². The van der Waals surface area contributed by atoms with Crippen molar-refractivity contribution >= 4 is 34.1 Å². The van der Waals surface area contributed by atoms with Crippen molar-refractivity contribution in [2.24, 2.45) is 0 Å². The van der Waals surface area contributed by atoms with Crippen LogP contribution in [0.5, 0.6) is 0 Å². The summed E-state index contributed by atoms with van der Waals surface area (Å²) in [5, 5.41) is 3.72. The molecule has 0 saturated carbocycles. The maximum absolute atomic E-state index is 4.41. The van der Waals surface area contributed by atoms with Crippen LogP contribution in [0, 0.1) is 6.92 Å². The number of hydrogen-bond acceptors (Lipinski definition) is 1. The van der Waals surface area contributed by atoms with Crippen LogP contribution in [0.15, 0.2) is 213 Å². The average Bonchev–Trinajstić information content (AvgIpc) is 3.26. The largest absolute Gasteiger partial charge is 0.375 e. The second-order valence-electron chi connectivity index (χ2n) is 14.8. The molecule has 6 aromatic rings. The van der Waals surface area contributed by atoms with Crippen molar-refractivity contribution < 1.29 is 0 Å². The van der Waals surface area contributed by atoms with Crippen molar-refractivity contribution in [3.05, 3.63) is 263 Å². The number of nitrogens with one attached hydrogen (secondary N) is 1. The standard InChI is InChI=1S/C56H51N/c1-5-46(49-24-13-8-14-25-49)40-53(50-33-29-44(30-34-50)38-52-26-16-18-28-55(52)54-27-17-15-19-41(54)2)39-45-31-35-51(36-32-45)56(37-42(3)47-20-9-6-10-21-47)57-43(4)48-22-11-7-12-23-48/h5-17,19-27,29-37,39-40,56-57H,1,4,18,28,38H2,2-3H3/b42-37+,46-40+,53-39+. The van der Waals surface area contributed by atoms with Crippen LogP contribution in [0.25, 0.3) is 34.1 Å². The quantitative estimate of drug-likeness (QED) is 0.0867. The Morgan fingerprint density at radius 2 is 1.26 bits per heavy atom. The summed E-state index contributed by atoms with van der Waals surface area (Å²) >= 11 is 0. The molecular weight excluding hydrogens is 687 g/mol. The fraction of sp³-hybridized carbons (Fsp3) is 0.107. The number of allylic oxidation sites excluding steroid dienone is 9. The summed E-state index contributed by atoms with van der Waals surface area (Å²) < 4.78 is 0. The molecular formula is C56H51N. The Morgan fingerprint density at radius 3 is 1.91 bits per heavy atom. The lowest BCUT2D eigenvalue weighted by Gasteiger charge is -2.21. The van der Waals surface area contributed by atoms with Gasteiger partial charge in [-0.25, -0.2) is 0 Å². The van der Waals surface area contributed by atoms with Crippen molar-refractivity contribution in [2.75, 3.05) is 0 Å². The number of hydrogen-bond donors (Lipinski definition) is 1. The Labute approximate surface area is 340 Å². The van der Waals surface area contributed by atoms with E-state index < -0.39 is 0 Å². The number of benzene rings is 6. The van der Waals surface area contributed by atoms with E-state index in [0.717, 1.165) is 63.9 Å². The van der Waals surface area contributed by atoms with Crippen molar-refractivity contribution in [1.82, 2.24) is 5.32 Å². The predicted molar refractivity (Wildman–Crippen MR) is 247 cm³/mol. The highest BCUT2D eigenvalue weighted by molar-refractivity contribution is 5.94. The molecule has 1 aliphatic rings. The highest BCUT2D eigenvalue weighted by Gasteiger charge is 2.15. The second-order valence-corrected chi connectivity index (χ2v) is 14.8. The zero-order valence-corrected chi connectivity index (χ0v) is 33.2. The third-order valence-corrected chi connectivity index (χ3v) is 10.8. The molecule has 0 spiro atoms. The Kier molecular flexibility index (Phi) is 12.7. The topological polar surface area (TPSA) is 12.0 Å². The van der Waals surface area contributed by atoms with Crippen LogP contribution in [0.4, 0.5) is 0 Å². The first-order valence-electron chi connectivity index (χ1n) is 19.9. The van der Waals surface area contributed by atoms with Gasteiger partial charge in [-0.15, -0.1) is 0 Å². The van der Waals surface area contributed by atoms with E-state index in [9.17, 15) is 0 Å². The van der Waals surface area contributed by atoms with E-state index in [0.29, 0.717) is 0 Å². The monoisotopic (exact) mass is 737 g/mol. The molecule has 6 aromatic carbocycles. The van der Waals surface area contributed by atoms with E-state index >= 15 is 0 Å². The van der Waals surface area contributed by atoms with Gasteiger partial charge in [0.25, 0.3) is 0 Å². The predicted octanol–water partition coefficient (Wildman–Crippen LogP) is 14.6. The lowest BCUT2D eigenvalue weighted by atomic mass is 9.86. The maximum atomic E-state index is 4.41. The first-order valence-corrected chi connectivity index (χ1v) is 19.9. The van der Waals surface area contributed by atoms with E-state index in [2.05, 4.69) is 208 Å². The molecule has 1 heteroatoms. The summed E-state index contributed by atoms with van der Waals surface area (Å²) in [6, 6.07) is 58.0. The van der Waals surface area contributed by atoms with Crippen LogP contribution in [0.2, 0.25) is 0 Å². The summed E-state index contributed by atoms with van der Waals surface area (Å²) in [7, 11) is 0. The summed E-state index contributed by atoms with van der Waals surface area (Å²) in [5.41, 5.74) is 18.0. The van der Waals surface area contributed by atoms with Gasteiger partial charge in [0, 0.05) is 5.70 Å². The molecule has 0 amide bonds. The van der Waals surface area contributed by atoms with Crippen molar-refractivity contribution in [3.8, 4) is 0 Å². The van der Waals surface area contributed by atoms with Gasteiger partial charge in [0.2, 0.25) is 0 Å². The van der Waals surface area contributed by atoms with E-state index in [1.165, 1.54) is 39.0 Å². The van der Waals surface area contributed by atoms with Crippen LogP contribution in [-0.4, -0.2) is 0 Å². The first kappa shape index (κ1) is 38.6. The molecule has 1 N–H and O–H groups in total. The smallest absolute Gasteiger partial charge is 0.0703 e. The van der Waals surface area contributed by atoms with Gasteiger partial charge < -0.3 is 5.32 Å². The van der Waals surface area contributed by atoms with E-state index in [1.807, 2.05) is 24.3 Å². The minimum Gasteiger partial charge on any atom is -0.375 e. The first-order chi connectivity index (χ1) is 27.9. The van der Waals surface area contributed by atoms with Crippen molar-refractivity contribution in [1.29, 1.82) is 0 Å². The lowest BCUT2D eigenvalue weighted by molar-refractivity contribution is 0.774. The molecule has 1 atom stereocenters. The van der Waals surface area contributed by atoms with Gasteiger partial charge in [-0.3, -0.25) is 0 Å². The molecule has 0 heterocycles. The normalized spacial score (nSPS) is 14.0. The third kappa shape index (κ3) is 9.95. The molecule has 1 unspecified atom stereocenters.